The molecule has 0 aliphatic carbocycles. The van der Waals surface area contributed by atoms with Crippen LogP contribution in [0.25, 0.3) is 0 Å². The van der Waals surface area contributed by atoms with Crippen molar-refractivity contribution in [1.29, 1.82) is 0 Å². The van der Waals surface area contributed by atoms with E-state index in [1.807, 2.05) is 4.34 Å². The summed E-state index contributed by atoms with van der Waals surface area (Å²) in [6.07, 6.45) is -4.52. The predicted octanol–water partition coefficient (Wildman–Crippen LogP) is 2.75. The quantitative estimate of drug-likeness (QED) is 0.779. The molecule has 14 heavy (non-hydrogen) atoms. The number of nitrogens with one attached hydrogen (secondary N) is 1. The van der Waals surface area contributed by atoms with Gasteiger partial charge < -0.3 is 0 Å². The van der Waals surface area contributed by atoms with Gasteiger partial charge in [0, 0.05) is 16.1 Å². The Morgan fingerprint density at radius 1 is 1.29 bits per heavy atom. The lowest BCUT2D eigenvalue weighted by Gasteiger charge is -2.10. The molecule has 0 aliphatic rings. The fourth-order valence-corrected chi connectivity index (χ4v) is 1.19. The summed E-state index contributed by atoms with van der Waals surface area (Å²) in [6, 6.07) is 4.57. The van der Waals surface area contributed by atoms with Gasteiger partial charge in [0.1, 0.15) is 0 Å². The molecule has 0 radical (unpaired) electrons. The minimum Gasteiger partial charge on any atom is -0.289 e. The summed E-state index contributed by atoms with van der Waals surface area (Å²) < 4.78 is 39.0. The molecule has 0 saturated carbocycles. The molecule has 1 aromatic carbocycles. The molecule has 0 saturated heterocycles. The molecule has 0 spiro atoms. The van der Waals surface area contributed by atoms with E-state index in [0.717, 1.165) is 12.1 Å². The van der Waals surface area contributed by atoms with Crippen molar-refractivity contribution in [3.8, 4) is 0 Å². The van der Waals surface area contributed by atoms with Gasteiger partial charge in [-0.3, -0.25) is 9.14 Å². The molecule has 6 heteroatoms. The Morgan fingerprint density at radius 3 is 2.36 bits per heavy atom. The van der Waals surface area contributed by atoms with Gasteiger partial charge in [-0.15, -0.1) is 0 Å². The van der Waals surface area contributed by atoms with Crippen LogP contribution >= 0.6 is 16.1 Å². The maximum absolute atomic E-state index is 12.3. The highest BCUT2D eigenvalue weighted by molar-refractivity contribution is 9.08. The number of rotatable bonds is 1. The predicted molar refractivity (Wildman–Crippen MR) is 47.8 cm³/mol. The summed E-state index contributed by atoms with van der Waals surface area (Å²) in [5, 5.41) is 0. The van der Waals surface area contributed by atoms with Gasteiger partial charge in [-0.05, 0) is 12.1 Å². The van der Waals surface area contributed by atoms with Crippen LogP contribution in [0.3, 0.4) is 0 Å². The second kappa shape index (κ2) is 4.00. The maximum atomic E-state index is 12.3. The van der Waals surface area contributed by atoms with Gasteiger partial charge in [-0.2, -0.15) is 13.2 Å². The Morgan fingerprint density at radius 2 is 1.86 bits per heavy atom. The molecule has 0 aromatic heterocycles. The molecule has 0 bridgehead atoms. The standard InChI is InChI=1S/C8H5BrF3NO/c9-13-7(14)5-3-1-2-4-6(5)8(10,11)12/h1-4H,(H,13,14). The van der Waals surface area contributed by atoms with Crippen LogP contribution in [-0.4, -0.2) is 5.91 Å². The summed E-state index contributed by atoms with van der Waals surface area (Å²) >= 11 is 2.59. The molecule has 0 unspecified atom stereocenters. The summed E-state index contributed by atoms with van der Waals surface area (Å²) in [5.41, 5.74) is -1.35. The molecule has 1 rings (SSSR count). The number of benzene rings is 1. The van der Waals surface area contributed by atoms with Crippen LogP contribution in [0.15, 0.2) is 24.3 Å². The number of amides is 1. The molecule has 0 heterocycles. The molecule has 1 N–H and O–H groups in total. The third kappa shape index (κ3) is 2.25. The first-order chi connectivity index (χ1) is 6.46. The highest BCUT2D eigenvalue weighted by atomic mass is 79.9. The average Bonchev–Trinajstić information content (AvgIpc) is 2.15. The van der Waals surface area contributed by atoms with Crippen LogP contribution in [0, 0.1) is 0 Å². The Labute approximate surface area is 86.4 Å². The van der Waals surface area contributed by atoms with E-state index in [2.05, 4.69) is 16.1 Å². The van der Waals surface area contributed by atoms with Gasteiger partial charge in [0.25, 0.3) is 5.91 Å². The third-order valence-electron chi connectivity index (χ3n) is 1.56. The molecule has 0 fully saturated rings. The van der Waals surface area contributed by atoms with E-state index >= 15 is 0 Å². The second-order valence-electron chi connectivity index (χ2n) is 2.47. The number of hydrogen-bond acceptors (Lipinski definition) is 1. The molecule has 1 amide bonds. The normalized spacial score (nSPS) is 11.1. The maximum Gasteiger partial charge on any atom is 0.417 e. The van der Waals surface area contributed by atoms with E-state index in [1.165, 1.54) is 12.1 Å². The highest BCUT2D eigenvalue weighted by Gasteiger charge is 2.34. The first-order valence-corrected chi connectivity index (χ1v) is 4.33. The van der Waals surface area contributed by atoms with Crippen molar-refractivity contribution in [1.82, 2.24) is 4.34 Å². The third-order valence-corrected chi connectivity index (χ3v) is 1.92. The Kier molecular flexibility index (Phi) is 3.15. The van der Waals surface area contributed by atoms with Crippen molar-refractivity contribution >= 4 is 22.1 Å². The molecule has 76 valence electrons. The van der Waals surface area contributed by atoms with Gasteiger partial charge in [-0.1, -0.05) is 12.1 Å². The monoisotopic (exact) mass is 267 g/mol. The number of halogens is 4. The number of alkyl halides is 3. The molecule has 1 aromatic rings. The van der Waals surface area contributed by atoms with E-state index in [1.54, 1.807) is 0 Å². The Bertz CT molecular complexity index is 351. The first kappa shape index (κ1) is 11.0. The van der Waals surface area contributed by atoms with Crippen LogP contribution in [0.1, 0.15) is 15.9 Å². The van der Waals surface area contributed by atoms with Crippen molar-refractivity contribution in [2.45, 2.75) is 6.18 Å². The summed E-state index contributed by atoms with van der Waals surface area (Å²) in [7, 11) is 0. The van der Waals surface area contributed by atoms with E-state index in [4.69, 9.17) is 0 Å². The van der Waals surface area contributed by atoms with Crippen LogP contribution in [0.2, 0.25) is 0 Å². The van der Waals surface area contributed by atoms with E-state index in [0.29, 0.717) is 0 Å². The van der Waals surface area contributed by atoms with Gasteiger partial charge in [-0.25, -0.2) is 0 Å². The lowest BCUT2D eigenvalue weighted by atomic mass is 10.1. The summed E-state index contributed by atoms with van der Waals surface area (Å²) in [5.74, 6) is -0.821. The van der Waals surface area contributed by atoms with E-state index in [9.17, 15) is 18.0 Å². The SMILES string of the molecule is O=C(NBr)c1ccccc1C(F)(F)F. The Balaban J connectivity index is 3.23. The summed E-state index contributed by atoms with van der Waals surface area (Å²) in [6.45, 7) is 0. The zero-order valence-corrected chi connectivity index (χ0v) is 8.32. The van der Waals surface area contributed by atoms with Crippen molar-refractivity contribution in [2.75, 3.05) is 0 Å². The minimum absolute atomic E-state index is 0.406. The highest BCUT2D eigenvalue weighted by Crippen LogP contribution is 2.31. The van der Waals surface area contributed by atoms with Crippen molar-refractivity contribution in [2.24, 2.45) is 0 Å². The molecular formula is C8H5BrF3NO. The number of hydrogen-bond donors (Lipinski definition) is 1. The van der Waals surface area contributed by atoms with Crippen LogP contribution in [0.4, 0.5) is 13.2 Å². The van der Waals surface area contributed by atoms with E-state index in [-0.39, 0.29) is 0 Å². The van der Waals surface area contributed by atoms with Gasteiger partial charge in [0.2, 0.25) is 0 Å². The lowest BCUT2D eigenvalue weighted by molar-refractivity contribution is -0.137. The fourth-order valence-electron chi connectivity index (χ4n) is 0.979. The van der Waals surface area contributed by atoms with Crippen molar-refractivity contribution < 1.29 is 18.0 Å². The minimum atomic E-state index is -4.52. The fraction of sp³-hybridized carbons (Fsp3) is 0.125. The van der Waals surface area contributed by atoms with Crippen molar-refractivity contribution in [3.63, 3.8) is 0 Å². The largest absolute Gasteiger partial charge is 0.417 e. The summed E-state index contributed by atoms with van der Waals surface area (Å²) in [4.78, 5) is 11.0. The van der Waals surface area contributed by atoms with Crippen LogP contribution in [0.5, 0.6) is 0 Å². The lowest BCUT2D eigenvalue weighted by Crippen LogP contribution is -2.18. The van der Waals surface area contributed by atoms with Gasteiger partial charge >= 0.3 is 6.18 Å². The molecular weight excluding hydrogens is 263 g/mol. The number of carbonyl (C=O) groups is 1. The zero-order valence-electron chi connectivity index (χ0n) is 6.73. The number of carbonyl (C=O) groups excluding carboxylic acids is 1. The topological polar surface area (TPSA) is 29.1 Å². The zero-order chi connectivity index (χ0) is 10.8. The van der Waals surface area contributed by atoms with Crippen molar-refractivity contribution in [3.05, 3.63) is 35.4 Å². The van der Waals surface area contributed by atoms with Gasteiger partial charge in [0.05, 0.1) is 11.1 Å². The smallest absolute Gasteiger partial charge is 0.289 e. The van der Waals surface area contributed by atoms with Crippen LogP contribution in [-0.2, 0) is 6.18 Å². The average molecular weight is 268 g/mol. The Hall–Kier alpha value is -1.04. The molecule has 0 aliphatic heterocycles. The first-order valence-electron chi connectivity index (χ1n) is 3.54. The van der Waals surface area contributed by atoms with Crippen LogP contribution < -0.4 is 4.34 Å². The second-order valence-corrected chi connectivity index (χ2v) is 2.86. The molecule has 0 atom stereocenters. The molecule has 2 nitrogen and oxygen atoms in total. The van der Waals surface area contributed by atoms with Gasteiger partial charge in [0.15, 0.2) is 0 Å². The van der Waals surface area contributed by atoms with E-state index < -0.39 is 23.2 Å².